The Balaban J connectivity index is 1.58. The SMILES string of the molecule is C=c1ccc2c(n1)C=C(Nc1cc(-c3ccc(C(F)(F)F)cc3)ncn1)CC=2. The summed E-state index contributed by atoms with van der Waals surface area (Å²) >= 11 is 0. The van der Waals surface area contributed by atoms with Gasteiger partial charge in [0.1, 0.15) is 12.1 Å². The lowest BCUT2D eigenvalue weighted by atomic mass is 10.1. The number of rotatable bonds is 3. The van der Waals surface area contributed by atoms with Crippen LogP contribution in [0.25, 0.3) is 30.0 Å². The number of aromatic nitrogens is 3. The minimum atomic E-state index is -4.36. The molecule has 0 bridgehead atoms. The molecule has 0 spiro atoms. The quantitative estimate of drug-likeness (QED) is 0.754. The van der Waals surface area contributed by atoms with Gasteiger partial charge < -0.3 is 5.32 Å². The molecule has 2 heterocycles. The summed E-state index contributed by atoms with van der Waals surface area (Å²) in [6.07, 6.45) is 1.69. The van der Waals surface area contributed by atoms with Gasteiger partial charge in [-0.25, -0.2) is 15.0 Å². The second-order valence-electron chi connectivity index (χ2n) is 6.34. The van der Waals surface area contributed by atoms with Crippen LogP contribution < -0.4 is 15.9 Å². The van der Waals surface area contributed by atoms with Gasteiger partial charge in [0.25, 0.3) is 0 Å². The maximum absolute atomic E-state index is 12.7. The van der Waals surface area contributed by atoms with Crippen LogP contribution in [0.3, 0.4) is 0 Å². The summed E-state index contributed by atoms with van der Waals surface area (Å²) in [6, 6.07) is 10.4. The van der Waals surface area contributed by atoms with Crippen molar-refractivity contribution in [3.63, 3.8) is 0 Å². The molecule has 1 N–H and O–H groups in total. The summed E-state index contributed by atoms with van der Waals surface area (Å²) in [6.45, 7) is 3.84. The summed E-state index contributed by atoms with van der Waals surface area (Å²) in [4.78, 5) is 12.8. The van der Waals surface area contributed by atoms with Gasteiger partial charge in [0.15, 0.2) is 0 Å². The highest BCUT2D eigenvalue weighted by Gasteiger charge is 2.30. The fraction of sp³-hybridized carbons (Fsp3) is 0.0952. The highest BCUT2D eigenvalue weighted by atomic mass is 19.4. The molecule has 0 saturated heterocycles. The number of hydrogen-bond donors (Lipinski definition) is 1. The highest BCUT2D eigenvalue weighted by molar-refractivity contribution is 5.66. The molecule has 2 aromatic heterocycles. The van der Waals surface area contributed by atoms with Crippen molar-refractivity contribution in [1.29, 1.82) is 0 Å². The van der Waals surface area contributed by atoms with E-state index in [1.54, 1.807) is 6.07 Å². The first-order chi connectivity index (χ1) is 13.4. The lowest BCUT2D eigenvalue weighted by Crippen LogP contribution is -2.19. The molecule has 0 radical (unpaired) electrons. The highest BCUT2D eigenvalue weighted by Crippen LogP contribution is 2.30. The van der Waals surface area contributed by atoms with E-state index in [4.69, 9.17) is 0 Å². The maximum Gasteiger partial charge on any atom is 0.416 e. The number of pyridine rings is 1. The summed E-state index contributed by atoms with van der Waals surface area (Å²) in [5, 5.41) is 4.96. The van der Waals surface area contributed by atoms with Crippen molar-refractivity contribution in [1.82, 2.24) is 15.0 Å². The molecular formula is C21H15F3N4. The first-order valence-corrected chi connectivity index (χ1v) is 8.52. The Morgan fingerprint density at radius 1 is 1.00 bits per heavy atom. The van der Waals surface area contributed by atoms with Crippen molar-refractivity contribution in [2.45, 2.75) is 12.6 Å². The summed E-state index contributed by atoms with van der Waals surface area (Å²) < 4.78 is 38.2. The van der Waals surface area contributed by atoms with E-state index in [9.17, 15) is 13.2 Å². The molecule has 3 aromatic rings. The van der Waals surface area contributed by atoms with Gasteiger partial charge in [-0.05, 0) is 29.5 Å². The molecule has 0 saturated carbocycles. The molecule has 1 aliphatic carbocycles. The van der Waals surface area contributed by atoms with Crippen LogP contribution in [0.1, 0.15) is 17.7 Å². The zero-order chi connectivity index (χ0) is 19.7. The number of anilines is 1. The Morgan fingerprint density at radius 2 is 1.79 bits per heavy atom. The van der Waals surface area contributed by atoms with Crippen LogP contribution >= 0.6 is 0 Å². The van der Waals surface area contributed by atoms with Crippen LogP contribution in [-0.2, 0) is 6.18 Å². The fourth-order valence-electron chi connectivity index (χ4n) is 2.93. The van der Waals surface area contributed by atoms with Crippen LogP contribution in [0.15, 0.2) is 54.5 Å². The van der Waals surface area contributed by atoms with Gasteiger partial charge >= 0.3 is 6.18 Å². The van der Waals surface area contributed by atoms with Crippen molar-refractivity contribution in [3.05, 3.63) is 76.3 Å². The van der Waals surface area contributed by atoms with E-state index in [1.807, 2.05) is 18.2 Å². The average molecular weight is 380 g/mol. The number of hydrogen-bond acceptors (Lipinski definition) is 4. The van der Waals surface area contributed by atoms with E-state index in [1.165, 1.54) is 18.5 Å². The number of nitrogens with zero attached hydrogens (tertiary/aromatic N) is 3. The van der Waals surface area contributed by atoms with Crippen molar-refractivity contribution in [2.75, 3.05) is 5.32 Å². The molecular weight excluding hydrogens is 365 g/mol. The smallest absolute Gasteiger partial charge is 0.343 e. The van der Waals surface area contributed by atoms with E-state index < -0.39 is 11.7 Å². The Hall–Kier alpha value is -3.48. The van der Waals surface area contributed by atoms with Crippen LogP contribution in [0, 0.1) is 0 Å². The van der Waals surface area contributed by atoms with Gasteiger partial charge in [-0.15, -0.1) is 0 Å². The number of benzene rings is 1. The summed E-state index contributed by atoms with van der Waals surface area (Å²) in [7, 11) is 0. The first-order valence-electron chi connectivity index (χ1n) is 8.52. The topological polar surface area (TPSA) is 50.7 Å². The van der Waals surface area contributed by atoms with E-state index in [0.29, 0.717) is 28.8 Å². The molecule has 7 heteroatoms. The molecule has 140 valence electrons. The molecule has 0 fully saturated rings. The molecule has 0 amide bonds. The predicted octanol–water partition coefficient (Wildman–Crippen LogP) is 3.60. The Morgan fingerprint density at radius 3 is 2.54 bits per heavy atom. The van der Waals surface area contributed by atoms with E-state index in [0.717, 1.165) is 28.7 Å². The molecule has 0 atom stereocenters. The predicted molar refractivity (Wildman–Crippen MR) is 102 cm³/mol. The summed E-state index contributed by atoms with van der Waals surface area (Å²) in [5.41, 5.74) is 2.16. The van der Waals surface area contributed by atoms with Crippen molar-refractivity contribution >= 4 is 24.5 Å². The van der Waals surface area contributed by atoms with Crippen LogP contribution in [-0.4, -0.2) is 15.0 Å². The third-order valence-corrected chi connectivity index (χ3v) is 4.33. The monoisotopic (exact) mass is 380 g/mol. The van der Waals surface area contributed by atoms with Gasteiger partial charge in [-0.3, -0.25) is 0 Å². The Kier molecular flexibility index (Phi) is 4.43. The van der Waals surface area contributed by atoms with Gasteiger partial charge in [0.05, 0.1) is 22.3 Å². The second kappa shape index (κ2) is 6.92. The molecule has 4 rings (SSSR count). The third-order valence-electron chi connectivity index (χ3n) is 4.33. The number of allylic oxidation sites excluding steroid dienone is 1. The first kappa shape index (κ1) is 17.9. The largest absolute Gasteiger partial charge is 0.416 e. The van der Waals surface area contributed by atoms with Crippen molar-refractivity contribution in [2.24, 2.45) is 0 Å². The lowest BCUT2D eigenvalue weighted by Gasteiger charge is -2.13. The number of nitrogens with one attached hydrogen (secondary N) is 1. The van der Waals surface area contributed by atoms with E-state index in [-0.39, 0.29) is 0 Å². The normalized spacial score (nSPS) is 13.3. The van der Waals surface area contributed by atoms with E-state index in [2.05, 4.69) is 32.9 Å². The third kappa shape index (κ3) is 3.78. The molecule has 28 heavy (non-hydrogen) atoms. The zero-order valence-corrected chi connectivity index (χ0v) is 14.7. The van der Waals surface area contributed by atoms with Crippen molar-refractivity contribution in [3.8, 4) is 11.3 Å². The maximum atomic E-state index is 12.7. The number of halogens is 3. The van der Waals surface area contributed by atoms with E-state index >= 15 is 0 Å². The van der Waals surface area contributed by atoms with Gasteiger partial charge in [0, 0.05) is 23.7 Å². The molecule has 0 aliphatic heterocycles. The number of fused-ring (bicyclic) bond motifs is 1. The standard InChI is InChI=1S/C21H15F3N4/c1-13-2-3-15-6-9-17(10-19(15)27-13)28-20-11-18(25-12-26-20)14-4-7-16(8-5-14)21(22,23)24/h2-8,10-12H,1,9H2,(H,25,26,28). The minimum Gasteiger partial charge on any atom is -0.343 e. The Labute approximate surface area is 158 Å². The fourth-order valence-corrected chi connectivity index (χ4v) is 2.93. The molecule has 1 aliphatic rings. The van der Waals surface area contributed by atoms with Crippen LogP contribution in [0.4, 0.5) is 19.0 Å². The molecule has 4 nitrogen and oxygen atoms in total. The van der Waals surface area contributed by atoms with Gasteiger partial charge in [-0.2, -0.15) is 13.2 Å². The zero-order valence-electron chi connectivity index (χ0n) is 14.7. The second-order valence-corrected chi connectivity index (χ2v) is 6.34. The van der Waals surface area contributed by atoms with Crippen LogP contribution in [0.2, 0.25) is 0 Å². The van der Waals surface area contributed by atoms with Gasteiger partial charge in [0.2, 0.25) is 0 Å². The summed E-state index contributed by atoms with van der Waals surface area (Å²) in [5.74, 6) is 0.554. The molecule has 1 aromatic carbocycles. The minimum absolute atomic E-state index is 0.533. The lowest BCUT2D eigenvalue weighted by molar-refractivity contribution is -0.137. The molecule has 0 unspecified atom stereocenters. The average Bonchev–Trinajstić information content (AvgIpc) is 2.67. The Bertz CT molecular complexity index is 1170. The van der Waals surface area contributed by atoms with Crippen LogP contribution in [0.5, 0.6) is 0 Å². The van der Waals surface area contributed by atoms with Gasteiger partial charge in [-0.1, -0.05) is 30.9 Å². The van der Waals surface area contributed by atoms with Crippen molar-refractivity contribution < 1.29 is 13.2 Å². The number of alkyl halides is 3.